The van der Waals surface area contributed by atoms with Crippen LogP contribution in [0.4, 0.5) is 5.13 Å². The zero-order valence-corrected chi connectivity index (χ0v) is 15.4. The molecule has 126 valence electrons. The highest BCUT2D eigenvalue weighted by Gasteiger charge is 2.35. The largest absolute Gasteiger partial charge is 0.368 e. The molecule has 1 aliphatic heterocycles. The van der Waals surface area contributed by atoms with Gasteiger partial charge in [-0.2, -0.15) is 5.10 Å². The molecule has 1 atom stereocenters. The maximum atomic E-state index is 6.09. The molecule has 3 rings (SSSR count). The summed E-state index contributed by atoms with van der Waals surface area (Å²) in [5.74, 6) is 0. The molecule has 6 nitrogen and oxygen atoms in total. The molecule has 1 aliphatic rings. The fraction of sp³-hybridized carbons (Fsp3) is 0.625. The smallest absolute Gasteiger partial charge is 0.185 e. The monoisotopic (exact) mass is 335 g/mol. The zero-order chi connectivity index (χ0) is 16.6. The Morgan fingerprint density at radius 3 is 2.83 bits per heavy atom. The van der Waals surface area contributed by atoms with Crippen molar-refractivity contribution in [3.05, 3.63) is 28.5 Å². The number of aromatic nitrogens is 3. The first-order chi connectivity index (χ1) is 10.9. The van der Waals surface area contributed by atoms with Crippen molar-refractivity contribution in [1.29, 1.82) is 0 Å². The standard InChI is InChI=1S/C16H25N5OS/c1-12-14(23-15(18-12)19(3)4)10-21-6-7-22-16(2,11-21)13-8-17-20(5)9-13/h8-9H,6-7,10-11H2,1-5H3/t16-/m0/s1. The van der Waals surface area contributed by atoms with E-state index >= 15 is 0 Å². The van der Waals surface area contributed by atoms with Gasteiger partial charge >= 0.3 is 0 Å². The lowest BCUT2D eigenvalue weighted by Gasteiger charge is -2.40. The van der Waals surface area contributed by atoms with Crippen LogP contribution in [-0.2, 0) is 23.9 Å². The lowest BCUT2D eigenvalue weighted by molar-refractivity contribution is -0.105. The summed E-state index contributed by atoms with van der Waals surface area (Å²) in [5.41, 5.74) is 1.98. The van der Waals surface area contributed by atoms with Gasteiger partial charge < -0.3 is 9.64 Å². The fourth-order valence-corrected chi connectivity index (χ4v) is 3.94. The number of thiazole rings is 1. The first-order valence-electron chi connectivity index (χ1n) is 7.86. The molecular formula is C16H25N5OS. The quantitative estimate of drug-likeness (QED) is 0.855. The second kappa shape index (κ2) is 6.22. The number of ether oxygens (including phenoxy) is 1. The van der Waals surface area contributed by atoms with E-state index in [1.54, 1.807) is 11.3 Å². The molecule has 23 heavy (non-hydrogen) atoms. The van der Waals surface area contributed by atoms with Gasteiger partial charge in [-0.3, -0.25) is 9.58 Å². The normalized spacial score (nSPS) is 22.5. The van der Waals surface area contributed by atoms with Crippen LogP contribution < -0.4 is 4.90 Å². The second-order valence-corrected chi connectivity index (χ2v) is 7.65. The van der Waals surface area contributed by atoms with Crippen LogP contribution in [0.5, 0.6) is 0 Å². The molecule has 2 aromatic heterocycles. The molecule has 0 bridgehead atoms. The SMILES string of the molecule is Cc1nc(N(C)C)sc1CN1CCO[C@](C)(c2cnn(C)c2)C1. The van der Waals surface area contributed by atoms with E-state index in [1.807, 2.05) is 38.2 Å². The van der Waals surface area contributed by atoms with Gasteiger partial charge in [0.05, 0.1) is 18.5 Å². The Morgan fingerprint density at radius 1 is 1.43 bits per heavy atom. The summed E-state index contributed by atoms with van der Waals surface area (Å²) in [6.45, 7) is 7.73. The third kappa shape index (κ3) is 3.41. The van der Waals surface area contributed by atoms with Crippen molar-refractivity contribution < 1.29 is 4.74 Å². The van der Waals surface area contributed by atoms with Crippen LogP contribution in [0.2, 0.25) is 0 Å². The molecule has 0 spiro atoms. The van der Waals surface area contributed by atoms with Gasteiger partial charge in [-0.1, -0.05) is 0 Å². The first kappa shape index (κ1) is 16.4. The Labute approximate surface area is 141 Å². The first-order valence-corrected chi connectivity index (χ1v) is 8.68. The summed E-state index contributed by atoms with van der Waals surface area (Å²) in [5, 5.41) is 5.36. The summed E-state index contributed by atoms with van der Waals surface area (Å²) in [6.07, 6.45) is 3.96. The van der Waals surface area contributed by atoms with Crippen molar-refractivity contribution in [3.8, 4) is 0 Å². The van der Waals surface area contributed by atoms with Crippen LogP contribution in [0.25, 0.3) is 0 Å². The topological polar surface area (TPSA) is 46.4 Å². The summed E-state index contributed by atoms with van der Waals surface area (Å²) in [7, 11) is 6.02. The van der Waals surface area contributed by atoms with Gasteiger partial charge in [0, 0.05) is 57.4 Å². The van der Waals surface area contributed by atoms with Crippen LogP contribution in [0, 0.1) is 6.92 Å². The Balaban J connectivity index is 1.74. The molecular weight excluding hydrogens is 310 g/mol. The van der Waals surface area contributed by atoms with Crippen molar-refractivity contribution in [1.82, 2.24) is 19.7 Å². The van der Waals surface area contributed by atoms with E-state index in [9.17, 15) is 0 Å². The second-order valence-electron chi connectivity index (χ2n) is 6.59. The van der Waals surface area contributed by atoms with Crippen molar-refractivity contribution in [3.63, 3.8) is 0 Å². The van der Waals surface area contributed by atoms with Crippen LogP contribution in [-0.4, -0.2) is 53.5 Å². The summed E-state index contributed by atoms with van der Waals surface area (Å²) in [4.78, 5) is 10.5. The van der Waals surface area contributed by atoms with Gasteiger partial charge in [0.1, 0.15) is 5.60 Å². The Bertz CT molecular complexity index is 680. The molecule has 0 N–H and O–H groups in total. The van der Waals surface area contributed by atoms with Gasteiger partial charge in [0.2, 0.25) is 0 Å². The average Bonchev–Trinajstić information content (AvgIpc) is 3.07. The van der Waals surface area contributed by atoms with Crippen LogP contribution in [0.1, 0.15) is 23.1 Å². The van der Waals surface area contributed by atoms with Crippen LogP contribution >= 0.6 is 11.3 Å². The number of hydrogen-bond acceptors (Lipinski definition) is 6. The predicted molar refractivity (Wildman–Crippen MR) is 93.0 cm³/mol. The minimum absolute atomic E-state index is 0.296. The number of hydrogen-bond donors (Lipinski definition) is 0. The predicted octanol–water partition coefficient (Wildman–Crippen LogP) is 2.00. The van der Waals surface area contributed by atoms with E-state index in [0.29, 0.717) is 0 Å². The number of aryl methyl sites for hydroxylation is 2. The molecule has 0 saturated carbocycles. The number of anilines is 1. The van der Waals surface area contributed by atoms with E-state index in [4.69, 9.17) is 4.74 Å². The average molecular weight is 335 g/mol. The minimum atomic E-state index is -0.296. The highest BCUT2D eigenvalue weighted by Crippen LogP contribution is 2.31. The molecule has 0 radical (unpaired) electrons. The summed E-state index contributed by atoms with van der Waals surface area (Å²) >= 11 is 1.78. The molecule has 0 unspecified atom stereocenters. The molecule has 1 fully saturated rings. The number of rotatable bonds is 4. The van der Waals surface area contributed by atoms with Gasteiger partial charge in [0.25, 0.3) is 0 Å². The van der Waals surface area contributed by atoms with E-state index in [1.165, 1.54) is 4.88 Å². The molecule has 1 saturated heterocycles. The Morgan fingerprint density at radius 2 is 2.22 bits per heavy atom. The van der Waals surface area contributed by atoms with Crippen LogP contribution in [0.15, 0.2) is 12.4 Å². The minimum Gasteiger partial charge on any atom is -0.368 e. The van der Waals surface area contributed by atoms with Crippen LogP contribution in [0.3, 0.4) is 0 Å². The summed E-state index contributed by atoms with van der Waals surface area (Å²) < 4.78 is 7.92. The Hall–Kier alpha value is -1.44. The van der Waals surface area contributed by atoms with Gasteiger partial charge in [-0.15, -0.1) is 11.3 Å². The van der Waals surface area contributed by atoms with E-state index in [0.717, 1.165) is 42.6 Å². The molecule has 3 heterocycles. The van der Waals surface area contributed by atoms with Crippen molar-refractivity contribution in [2.75, 3.05) is 38.7 Å². The molecule has 0 aromatic carbocycles. The summed E-state index contributed by atoms with van der Waals surface area (Å²) in [6, 6.07) is 0. The highest BCUT2D eigenvalue weighted by atomic mass is 32.1. The highest BCUT2D eigenvalue weighted by molar-refractivity contribution is 7.15. The van der Waals surface area contributed by atoms with Crippen molar-refractivity contribution in [2.45, 2.75) is 26.0 Å². The number of nitrogens with zero attached hydrogens (tertiary/aromatic N) is 5. The number of morpholine rings is 1. The maximum absolute atomic E-state index is 6.09. The molecule has 7 heteroatoms. The van der Waals surface area contributed by atoms with Gasteiger partial charge in [-0.25, -0.2) is 4.98 Å². The van der Waals surface area contributed by atoms with E-state index in [-0.39, 0.29) is 5.60 Å². The maximum Gasteiger partial charge on any atom is 0.185 e. The van der Waals surface area contributed by atoms with E-state index < -0.39 is 0 Å². The van der Waals surface area contributed by atoms with Gasteiger partial charge in [0.15, 0.2) is 5.13 Å². The zero-order valence-electron chi connectivity index (χ0n) is 14.5. The Kier molecular flexibility index (Phi) is 4.44. The van der Waals surface area contributed by atoms with Crippen molar-refractivity contribution in [2.24, 2.45) is 7.05 Å². The third-order valence-corrected chi connectivity index (χ3v) is 5.61. The van der Waals surface area contributed by atoms with Crippen molar-refractivity contribution >= 4 is 16.5 Å². The van der Waals surface area contributed by atoms with Gasteiger partial charge in [-0.05, 0) is 13.8 Å². The lowest BCUT2D eigenvalue weighted by atomic mass is 9.97. The lowest BCUT2D eigenvalue weighted by Crippen LogP contribution is -2.47. The van der Waals surface area contributed by atoms with E-state index in [2.05, 4.69) is 33.7 Å². The fourth-order valence-electron chi connectivity index (χ4n) is 2.91. The third-order valence-electron chi connectivity index (χ3n) is 4.30. The molecule has 0 aliphatic carbocycles. The molecule has 0 amide bonds. The molecule has 2 aromatic rings.